The van der Waals surface area contributed by atoms with E-state index in [2.05, 4.69) is 9.97 Å². The van der Waals surface area contributed by atoms with Crippen LogP contribution in [0.1, 0.15) is 9.67 Å². The topological polar surface area (TPSA) is 67.8 Å². The standard InChI is InChI=1S/C18H12ClN3O2S/c19-13-5-3-11(4-6-13)12-8-14-17(20-9-12)21-18(24)22(14)10-15(23)16-2-1-7-25-16/h1-9H,10H2,(H,20,21,24). The average Bonchev–Trinajstić information content (AvgIpc) is 3.24. The minimum Gasteiger partial charge on any atom is -0.291 e. The van der Waals surface area contributed by atoms with Gasteiger partial charge in [-0.1, -0.05) is 29.8 Å². The van der Waals surface area contributed by atoms with Crippen molar-refractivity contribution >= 4 is 39.9 Å². The summed E-state index contributed by atoms with van der Waals surface area (Å²) in [5.74, 6) is -0.102. The van der Waals surface area contributed by atoms with Crippen molar-refractivity contribution in [1.29, 1.82) is 0 Å². The summed E-state index contributed by atoms with van der Waals surface area (Å²) in [4.78, 5) is 32.2. The van der Waals surface area contributed by atoms with Crippen LogP contribution in [0.25, 0.3) is 22.3 Å². The number of imidazole rings is 1. The number of benzene rings is 1. The van der Waals surface area contributed by atoms with E-state index in [-0.39, 0.29) is 18.0 Å². The summed E-state index contributed by atoms with van der Waals surface area (Å²) in [5.41, 5.74) is 2.49. The van der Waals surface area contributed by atoms with Gasteiger partial charge in [-0.15, -0.1) is 11.3 Å². The van der Waals surface area contributed by atoms with Gasteiger partial charge in [-0.2, -0.15) is 0 Å². The lowest BCUT2D eigenvalue weighted by atomic mass is 10.1. The van der Waals surface area contributed by atoms with E-state index in [0.717, 1.165) is 11.1 Å². The molecule has 0 spiro atoms. The van der Waals surface area contributed by atoms with Crippen LogP contribution in [0.15, 0.2) is 58.8 Å². The Labute approximate surface area is 151 Å². The van der Waals surface area contributed by atoms with Gasteiger partial charge in [0.05, 0.1) is 16.9 Å². The molecule has 0 amide bonds. The lowest BCUT2D eigenvalue weighted by Gasteiger charge is -2.04. The predicted octanol–water partition coefficient (Wildman–Crippen LogP) is 3.99. The molecule has 124 valence electrons. The molecule has 4 rings (SSSR count). The molecular formula is C18H12ClN3O2S. The van der Waals surface area contributed by atoms with Crippen molar-refractivity contribution in [2.75, 3.05) is 0 Å². The largest absolute Gasteiger partial charge is 0.328 e. The van der Waals surface area contributed by atoms with Crippen molar-refractivity contribution in [2.24, 2.45) is 0 Å². The third-order valence-corrected chi connectivity index (χ3v) is 5.07. The molecule has 0 aliphatic carbocycles. The summed E-state index contributed by atoms with van der Waals surface area (Å²) in [5, 5.41) is 2.49. The Morgan fingerprint density at radius 3 is 2.72 bits per heavy atom. The fourth-order valence-electron chi connectivity index (χ4n) is 2.65. The van der Waals surface area contributed by atoms with Crippen molar-refractivity contribution in [3.8, 4) is 11.1 Å². The van der Waals surface area contributed by atoms with E-state index in [1.54, 1.807) is 24.4 Å². The smallest absolute Gasteiger partial charge is 0.291 e. The number of aromatic amines is 1. The molecule has 25 heavy (non-hydrogen) atoms. The first-order chi connectivity index (χ1) is 12.1. The van der Waals surface area contributed by atoms with Gasteiger partial charge in [0.2, 0.25) is 0 Å². The average molecular weight is 370 g/mol. The van der Waals surface area contributed by atoms with E-state index in [4.69, 9.17) is 11.6 Å². The van der Waals surface area contributed by atoms with Gasteiger partial charge < -0.3 is 0 Å². The summed E-state index contributed by atoms with van der Waals surface area (Å²) in [6.45, 7) is -0.0227. The number of nitrogens with one attached hydrogen (secondary N) is 1. The number of thiophene rings is 1. The number of halogens is 1. The molecule has 0 aliphatic rings. The summed E-state index contributed by atoms with van der Waals surface area (Å²) in [7, 11) is 0. The van der Waals surface area contributed by atoms with Gasteiger partial charge in [-0.25, -0.2) is 9.78 Å². The molecule has 0 saturated carbocycles. The third kappa shape index (κ3) is 3.01. The highest BCUT2D eigenvalue weighted by molar-refractivity contribution is 7.12. The van der Waals surface area contributed by atoms with Crippen LogP contribution in [-0.4, -0.2) is 20.3 Å². The van der Waals surface area contributed by atoms with Crippen molar-refractivity contribution in [1.82, 2.24) is 14.5 Å². The number of carbonyl (C=O) groups is 1. The minimum atomic E-state index is -0.347. The highest BCUT2D eigenvalue weighted by atomic mass is 35.5. The Bertz CT molecular complexity index is 1110. The maximum atomic E-state index is 12.4. The number of hydrogen-bond donors (Lipinski definition) is 1. The van der Waals surface area contributed by atoms with Crippen LogP contribution in [0, 0.1) is 0 Å². The third-order valence-electron chi connectivity index (χ3n) is 3.90. The molecule has 0 radical (unpaired) electrons. The number of H-pyrrole nitrogens is 1. The van der Waals surface area contributed by atoms with Crippen molar-refractivity contribution in [3.05, 3.63) is 74.4 Å². The molecule has 0 fully saturated rings. The van der Waals surface area contributed by atoms with Crippen LogP contribution in [0.2, 0.25) is 5.02 Å². The van der Waals surface area contributed by atoms with Crippen LogP contribution in [-0.2, 0) is 6.54 Å². The van der Waals surface area contributed by atoms with E-state index >= 15 is 0 Å². The van der Waals surface area contributed by atoms with Crippen LogP contribution in [0.5, 0.6) is 0 Å². The van der Waals surface area contributed by atoms with Crippen molar-refractivity contribution in [2.45, 2.75) is 6.54 Å². The minimum absolute atomic E-state index is 0.0227. The fourth-order valence-corrected chi connectivity index (χ4v) is 3.43. The monoisotopic (exact) mass is 369 g/mol. The van der Waals surface area contributed by atoms with Crippen LogP contribution in [0.3, 0.4) is 0 Å². The first kappa shape index (κ1) is 15.8. The second-order valence-corrected chi connectivity index (χ2v) is 6.90. The van der Waals surface area contributed by atoms with E-state index in [1.165, 1.54) is 15.9 Å². The summed E-state index contributed by atoms with van der Waals surface area (Å²) in [6, 6.07) is 12.8. The molecule has 1 aromatic carbocycles. The molecular weight excluding hydrogens is 358 g/mol. The number of rotatable bonds is 4. The number of aromatic nitrogens is 3. The van der Waals surface area contributed by atoms with Gasteiger partial charge in [0, 0.05) is 16.8 Å². The molecule has 0 aliphatic heterocycles. The van der Waals surface area contributed by atoms with Crippen molar-refractivity contribution in [3.63, 3.8) is 0 Å². The number of ketones is 1. The Kier molecular flexibility index (Phi) is 3.99. The number of nitrogens with zero attached hydrogens (tertiary/aromatic N) is 2. The van der Waals surface area contributed by atoms with Gasteiger partial charge >= 0.3 is 5.69 Å². The highest BCUT2D eigenvalue weighted by Gasteiger charge is 2.14. The summed E-state index contributed by atoms with van der Waals surface area (Å²) < 4.78 is 1.42. The van der Waals surface area contributed by atoms with Gasteiger partial charge in [0.1, 0.15) is 0 Å². The number of hydrogen-bond acceptors (Lipinski definition) is 4. The van der Waals surface area contributed by atoms with E-state index in [0.29, 0.717) is 21.1 Å². The Balaban J connectivity index is 1.77. The lowest BCUT2D eigenvalue weighted by Crippen LogP contribution is -2.21. The summed E-state index contributed by atoms with van der Waals surface area (Å²) >= 11 is 7.29. The zero-order valence-electron chi connectivity index (χ0n) is 12.9. The first-order valence-corrected chi connectivity index (χ1v) is 8.79. The number of fused-ring (bicyclic) bond motifs is 1. The van der Waals surface area contributed by atoms with Crippen LogP contribution in [0.4, 0.5) is 0 Å². The van der Waals surface area contributed by atoms with Gasteiger partial charge in [0.15, 0.2) is 11.4 Å². The van der Waals surface area contributed by atoms with Crippen molar-refractivity contribution < 1.29 is 4.79 Å². The molecule has 3 aromatic heterocycles. The quantitative estimate of drug-likeness (QED) is 0.553. The van der Waals surface area contributed by atoms with Gasteiger partial charge in [-0.3, -0.25) is 14.3 Å². The van der Waals surface area contributed by atoms with E-state index in [1.807, 2.05) is 29.6 Å². The fraction of sp³-hybridized carbons (Fsp3) is 0.0556. The van der Waals surface area contributed by atoms with E-state index in [9.17, 15) is 9.59 Å². The lowest BCUT2D eigenvalue weighted by molar-refractivity contribution is 0.0976. The molecule has 7 heteroatoms. The molecule has 0 atom stereocenters. The summed E-state index contributed by atoms with van der Waals surface area (Å²) in [6.07, 6.45) is 1.69. The molecule has 0 bridgehead atoms. The highest BCUT2D eigenvalue weighted by Crippen LogP contribution is 2.23. The zero-order valence-corrected chi connectivity index (χ0v) is 14.5. The zero-order chi connectivity index (χ0) is 17.4. The predicted molar refractivity (Wildman–Crippen MR) is 99.4 cm³/mol. The molecule has 0 unspecified atom stereocenters. The van der Waals surface area contributed by atoms with Gasteiger partial charge in [-0.05, 0) is 35.2 Å². The molecule has 1 N–H and O–H groups in total. The SMILES string of the molecule is O=C(Cn1c(=O)[nH]c2ncc(-c3ccc(Cl)cc3)cc21)c1cccs1. The second kappa shape index (κ2) is 6.31. The molecule has 4 aromatic rings. The maximum Gasteiger partial charge on any atom is 0.328 e. The first-order valence-electron chi connectivity index (χ1n) is 7.53. The van der Waals surface area contributed by atoms with Crippen LogP contribution < -0.4 is 5.69 Å². The number of Topliss-reactive ketones (excluding diaryl/α,β-unsaturated/α-hetero) is 1. The Morgan fingerprint density at radius 2 is 2.00 bits per heavy atom. The number of pyridine rings is 1. The molecule has 5 nitrogen and oxygen atoms in total. The normalized spacial score (nSPS) is 11.1. The second-order valence-electron chi connectivity index (χ2n) is 5.52. The van der Waals surface area contributed by atoms with Gasteiger partial charge in [0.25, 0.3) is 0 Å². The Hall–Kier alpha value is -2.70. The number of carbonyl (C=O) groups excluding carboxylic acids is 1. The molecule has 0 saturated heterocycles. The molecule has 3 heterocycles. The maximum absolute atomic E-state index is 12.4. The van der Waals surface area contributed by atoms with E-state index < -0.39 is 0 Å². The van der Waals surface area contributed by atoms with Crippen LogP contribution >= 0.6 is 22.9 Å². The Morgan fingerprint density at radius 1 is 1.20 bits per heavy atom.